The SMILES string of the molecule is C[C@H]1C[C@@H](NCCC(C)(C)CN)CN(c2ccc(C(F)(F)F)c3ncccc23)C1. The van der Waals surface area contributed by atoms with E-state index >= 15 is 0 Å². The molecule has 0 aliphatic carbocycles. The summed E-state index contributed by atoms with van der Waals surface area (Å²) in [4.78, 5) is 6.25. The predicted molar refractivity (Wildman–Crippen MR) is 112 cm³/mol. The molecule has 4 nitrogen and oxygen atoms in total. The summed E-state index contributed by atoms with van der Waals surface area (Å²) in [5.74, 6) is 0.442. The minimum absolute atomic E-state index is 0.0185. The van der Waals surface area contributed by atoms with Gasteiger partial charge in [-0.15, -0.1) is 0 Å². The smallest absolute Gasteiger partial charge is 0.369 e. The number of nitrogens with zero attached hydrogens (tertiary/aromatic N) is 2. The minimum Gasteiger partial charge on any atom is -0.369 e. The summed E-state index contributed by atoms with van der Waals surface area (Å²) >= 11 is 0. The fraction of sp³-hybridized carbons (Fsp3) is 0.591. The van der Waals surface area contributed by atoms with Crippen molar-refractivity contribution >= 4 is 16.6 Å². The Balaban J connectivity index is 1.82. The zero-order valence-electron chi connectivity index (χ0n) is 17.4. The first kappa shape index (κ1) is 21.8. The zero-order valence-corrected chi connectivity index (χ0v) is 17.4. The van der Waals surface area contributed by atoms with Gasteiger partial charge in [-0.3, -0.25) is 4.98 Å². The van der Waals surface area contributed by atoms with Crippen LogP contribution in [0.5, 0.6) is 0 Å². The van der Waals surface area contributed by atoms with Crippen molar-refractivity contribution < 1.29 is 13.2 Å². The van der Waals surface area contributed by atoms with Crippen molar-refractivity contribution in [2.45, 2.75) is 45.8 Å². The van der Waals surface area contributed by atoms with Crippen molar-refractivity contribution in [1.82, 2.24) is 10.3 Å². The molecule has 1 fully saturated rings. The van der Waals surface area contributed by atoms with Gasteiger partial charge in [0, 0.05) is 36.4 Å². The Morgan fingerprint density at radius 3 is 2.66 bits per heavy atom. The number of benzene rings is 1. The normalized spacial score (nSPS) is 21.0. The summed E-state index contributed by atoms with van der Waals surface area (Å²) in [5, 5.41) is 4.19. The predicted octanol–water partition coefficient (Wildman–Crippen LogP) is 4.43. The van der Waals surface area contributed by atoms with Crippen molar-refractivity contribution in [2.24, 2.45) is 17.1 Å². The molecule has 3 N–H and O–H groups in total. The van der Waals surface area contributed by atoms with Gasteiger partial charge in [-0.1, -0.05) is 20.8 Å². The lowest BCUT2D eigenvalue weighted by molar-refractivity contribution is -0.136. The molecular formula is C22H31F3N4. The van der Waals surface area contributed by atoms with Crippen molar-refractivity contribution in [3.05, 3.63) is 36.0 Å². The molecule has 1 aliphatic rings. The van der Waals surface area contributed by atoms with Crippen molar-refractivity contribution in [1.29, 1.82) is 0 Å². The molecule has 0 amide bonds. The van der Waals surface area contributed by atoms with Crippen LogP contribution in [0.15, 0.2) is 30.5 Å². The van der Waals surface area contributed by atoms with E-state index in [4.69, 9.17) is 5.73 Å². The van der Waals surface area contributed by atoms with E-state index in [9.17, 15) is 13.2 Å². The van der Waals surface area contributed by atoms with Crippen LogP contribution in [0.4, 0.5) is 18.9 Å². The van der Waals surface area contributed by atoms with Crippen LogP contribution in [-0.4, -0.2) is 37.2 Å². The van der Waals surface area contributed by atoms with Crippen LogP contribution in [-0.2, 0) is 6.18 Å². The summed E-state index contributed by atoms with van der Waals surface area (Å²) in [6.45, 7) is 9.62. The van der Waals surface area contributed by atoms with Crippen LogP contribution < -0.4 is 16.0 Å². The van der Waals surface area contributed by atoms with Gasteiger partial charge in [-0.05, 0) is 61.5 Å². The summed E-state index contributed by atoms with van der Waals surface area (Å²) < 4.78 is 40.2. The molecule has 0 radical (unpaired) electrons. The third-order valence-corrected chi connectivity index (χ3v) is 5.84. The Hall–Kier alpha value is -1.86. The molecular weight excluding hydrogens is 377 g/mol. The van der Waals surface area contributed by atoms with E-state index in [-0.39, 0.29) is 10.9 Å². The first-order valence-corrected chi connectivity index (χ1v) is 10.2. The summed E-state index contributed by atoms with van der Waals surface area (Å²) in [5.41, 5.74) is 6.08. The number of hydrogen-bond donors (Lipinski definition) is 2. The average Bonchev–Trinajstić information content (AvgIpc) is 2.65. The van der Waals surface area contributed by atoms with Crippen LogP contribution >= 0.6 is 0 Å². The van der Waals surface area contributed by atoms with Crippen molar-refractivity contribution in [3.63, 3.8) is 0 Å². The lowest BCUT2D eigenvalue weighted by Gasteiger charge is -2.39. The number of rotatable bonds is 6. The van der Waals surface area contributed by atoms with Crippen LogP contribution in [0.3, 0.4) is 0 Å². The molecule has 160 valence electrons. The van der Waals surface area contributed by atoms with Crippen molar-refractivity contribution in [2.75, 3.05) is 31.1 Å². The zero-order chi connectivity index (χ0) is 21.2. The van der Waals surface area contributed by atoms with Gasteiger partial charge >= 0.3 is 6.18 Å². The number of aromatic nitrogens is 1. The fourth-order valence-corrected chi connectivity index (χ4v) is 4.07. The molecule has 7 heteroatoms. The van der Waals surface area contributed by atoms with Crippen molar-refractivity contribution in [3.8, 4) is 0 Å². The number of pyridine rings is 1. The van der Waals surface area contributed by atoms with Gasteiger partial charge in [-0.2, -0.15) is 13.2 Å². The standard InChI is InChI=1S/C22H31F3N4/c1-15-11-16(27-10-8-21(2,3)14-26)13-29(12-15)19-7-6-18(22(23,24)25)20-17(19)5-4-9-28-20/h4-7,9,15-16,27H,8,10-14,26H2,1-3H3/t15-,16+/m0/s1. The molecule has 3 rings (SSSR count). The minimum atomic E-state index is -4.42. The van der Waals surface area contributed by atoms with Crippen LogP contribution in [0.2, 0.25) is 0 Å². The Labute approximate surface area is 170 Å². The van der Waals surface area contributed by atoms with Crippen LogP contribution in [0.25, 0.3) is 10.9 Å². The molecule has 2 heterocycles. The highest BCUT2D eigenvalue weighted by atomic mass is 19.4. The molecule has 1 aromatic heterocycles. The molecule has 0 spiro atoms. The van der Waals surface area contributed by atoms with Gasteiger partial charge in [0.15, 0.2) is 0 Å². The molecule has 1 aromatic carbocycles. The maximum absolute atomic E-state index is 13.4. The second kappa shape index (κ2) is 8.48. The molecule has 29 heavy (non-hydrogen) atoms. The van der Waals surface area contributed by atoms with Gasteiger partial charge in [0.2, 0.25) is 0 Å². The first-order valence-electron chi connectivity index (χ1n) is 10.2. The molecule has 1 saturated heterocycles. The average molecular weight is 409 g/mol. The lowest BCUT2D eigenvalue weighted by Crippen LogP contribution is -2.49. The Morgan fingerprint density at radius 1 is 1.21 bits per heavy atom. The van der Waals surface area contributed by atoms with E-state index in [0.717, 1.165) is 44.2 Å². The Bertz CT molecular complexity index is 834. The fourth-order valence-electron chi connectivity index (χ4n) is 4.07. The highest BCUT2D eigenvalue weighted by molar-refractivity contribution is 5.94. The Morgan fingerprint density at radius 2 is 1.97 bits per heavy atom. The van der Waals surface area contributed by atoms with Gasteiger partial charge in [0.05, 0.1) is 11.1 Å². The summed E-state index contributed by atoms with van der Waals surface area (Å²) in [6, 6.07) is 6.49. The molecule has 2 aromatic rings. The van der Waals surface area contributed by atoms with E-state index in [0.29, 0.717) is 23.9 Å². The highest BCUT2D eigenvalue weighted by Gasteiger charge is 2.34. The maximum Gasteiger partial charge on any atom is 0.418 e. The summed E-state index contributed by atoms with van der Waals surface area (Å²) in [7, 11) is 0. The topological polar surface area (TPSA) is 54.2 Å². The quantitative estimate of drug-likeness (QED) is 0.742. The van der Waals surface area contributed by atoms with E-state index < -0.39 is 11.7 Å². The molecule has 0 bridgehead atoms. The maximum atomic E-state index is 13.4. The van der Waals surface area contributed by atoms with Gasteiger partial charge in [0.1, 0.15) is 0 Å². The monoisotopic (exact) mass is 408 g/mol. The largest absolute Gasteiger partial charge is 0.418 e. The number of hydrogen-bond acceptors (Lipinski definition) is 4. The summed E-state index contributed by atoms with van der Waals surface area (Å²) in [6.07, 6.45) is -0.957. The van der Waals surface area contributed by atoms with E-state index in [2.05, 4.69) is 36.0 Å². The third-order valence-electron chi connectivity index (χ3n) is 5.84. The lowest BCUT2D eigenvalue weighted by atomic mass is 9.89. The van der Waals surface area contributed by atoms with Gasteiger partial charge in [-0.25, -0.2) is 0 Å². The number of alkyl halides is 3. The van der Waals surface area contributed by atoms with E-state index in [1.807, 2.05) is 0 Å². The second-order valence-electron chi connectivity index (χ2n) is 9.04. The van der Waals surface area contributed by atoms with Gasteiger partial charge < -0.3 is 16.0 Å². The number of nitrogens with two attached hydrogens (primary N) is 1. The first-order chi connectivity index (χ1) is 13.6. The number of halogens is 3. The van der Waals surface area contributed by atoms with Crippen LogP contribution in [0.1, 0.15) is 39.2 Å². The third kappa shape index (κ3) is 5.20. The molecule has 0 unspecified atom stereocenters. The number of nitrogens with one attached hydrogen (secondary N) is 1. The van der Waals surface area contributed by atoms with Gasteiger partial charge in [0.25, 0.3) is 0 Å². The Kier molecular flexibility index (Phi) is 6.39. The number of anilines is 1. The van der Waals surface area contributed by atoms with E-state index in [1.165, 1.54) is 6.20 Å². The highest BCUT2D eigenvalue weighted by Crippen LogP contribution is 2.38. The van der Waals surface area contributed by atoms with E-state index in [1.54, 1.807) is 18.2 Å². The molecule has 0 saturated carbocycles. The second-order valence-corrected chi connectivity index (χ2v) is 9.04. The number of fused-ring (bicyclic) bond motifs is 1. The molecule has 2 atom stereocenters. The number of piperidine rings is 1. The van der Waals surface area contributed by atoms with Crippen LogP contribution in [0, 0.1) is 11.3 Å². The molecule has 1 aliphatic heterocycles.